The maximum Gasteiger partial charge on any atom is 0.124 e. The fourth-order valence-electron chi connectivity index (χ4n) is 2.72. The van der Waals surface area contributed by atoms with Crippen LogP contribution in [0.15, 0.2) is 77.3 Å². The van der Waals surface area contributed by atoms with Crippen molar-refractivity contribution in [1.82, 2.24) is 5.32 Å². The summed E-state index contributed by atoms with van der Waals surface area (Å²) >= 11 is 9.78. The molecule has 0 radical (unpaired) electrons. The third-order valence-corrected chi connectivity index (χ3v) is 5.12. The van der Waals surface area contributed by atoms with Crippen molar-refractivity contribution in [3.63, 3.8) is 0 Å². The van der Waals surface area contributed by atoms with E-state index in [2.05, 4.69) is 58.5 Å². The van der Waals surface area contributed by atoms with Crippen LogP contribution in [0.4, 0.5) is 0 Å². The minimum Gasteiger partial charge on any atom is -0.489 e. The van der Waals surface area contributed by atoms with Crippen LogP contribution in [-0.2, 0) is 13.2 Å². The molecular formula is C22H21BrClNO. The van der Waals surface area contributed by atoms with Crippen molar-refractivity contribution >= 4 is 27.5 Å². The number of nitrogens with one attached hydrogen (secondary N) is 1. The Kier molecular flexibility index (Phi) is 6.73. The van der Waals surface area contributed by atoms with Gasteiger partial charge in [0.05, 0.1) is 0 Å². The quantitative estimate of drug-likeness (QED) is 0.460. The smallest absolute Gasteiger partial charge is 0.124 e. The van der Waals surface area contributed by atoms with Crippen molar-refractivity contribution in [1.29, 1.82) is 0 Å². The molecule has 0 unspecified atom stereocenters. The number of hydrogen-bond acceptors (Lipinski definition) is 2. The Hall–Kier alpha value is -1.81. The molecule has 3 aromatic rings. The van der Waals surface area contributed by atoms with Gasteiger partial charge in [-0.05, 0) is 36.8 Å². The van der Waals surface area contributed by atoms with Gasteiger partial charge in [-0.25, -0.2) is 0 Å². The third kappa shape index (κ3) is 5.10. The summed E-state index contributed by atoms with van der Waals surface area (Å²) in [4.78, 5) is 0. The van der Waals surface area contributed by atoms with E-state index in [4.69, 9.17) is 16.3 Å². The van der Waals surface area contributed by atoms with Crippen molar-refractivity contribution in [2.75, 3.05) is 0 Å². The number of halogens is 2. The van der Waals surface area contributed by atoms with Crippen LogP contribution < -0.4 is 10.1 Å². The van der Waals surface area contributed by atoms with Crippen molar-refractivity contribution in [2.24, 2.45) is 0 Å². The summed E-state index contributed by atoms with van der Waals surface area (Å²) in [6, 6.07) is 24.5. The molecule has 0 aliphatic carbocycles. The normalized spacial score (nSPS) is 12.0. The predicted octanol–water partition coefficient (Wildman–Crippen LogP) is 6.53. The predicted molar refractivity (Wildman–Crippen MR) is 112 cm³/mol. The maximum atomic E-state index is 6.23. The molecule has 3 aromatic carbocycles. The molecule has 0 aliphatic heterocycles. The van der Waals surface area contributed by atoms with Crippen molar-refractivity contribution in [3.05, 3.63) is 99.0 Å². The first-order valence-corrected chi connectivity index (χ1v) is 9.73. The molecule has 0 saturated heterocycles. The molecule has 0 aromatic heterocycles. The fourth-order valence-corrected chi connectivity index (χ4v) is 3.32. The summed E-state index contributed by atoms with van der Waals surface area (Å²) in [5, 5.41) is 4.29. The monoisotopic (exact) mass is 429 g/mol. The van der Waals surface area contributed by atoms with Crippen LogP contribution in [0.25, 0.3) is 0 Å². The van der Waals surface area contributed by atoms with Crippen LogP contribution in [0, 0.1) is 0 Å². The SMILES string of the molecule is C[C@H](NCc1cc(Br)ccc1OCc1ccccc1Cl)c1ccccc1. The summed E-state index contributed by atoms with van der Waals surface area (Å²) < 4.78 is 7.09. The topological polar surface area (TPSA) is 21.3 Å². The lowest BCUT2D eigenvalue weighted by Gasteiger charge is -2.17. The average molecular weight is 431 g/mol. The molecule has 3 rings (SSSR count). The Morgan fingerprint density at radius 1 is 0.962 bits per heavy atom. The lowest BCUT2D eigenvalue weighted by molar-refractivity contribution is 0.301. The summed E-state index contributed by atoms with van der Waals surface area (Å²) in [5.41, 5.74) is 3.35. The lowest BCUT2D eigenvalue weighted by Crippen LogP contribution is -2.18. The number of ether oxygens (including phenoxy) is 1. The summed E-state index contributed by atoms with van der Waals surface area (Å²) in [6.45, 7) is 3.33. The highest BCUT2D eigenvalue weighted by Crippen LogP contribution is 2.26. The van der Waals surface area contributed by atoms with Crippen molar-refractivity contribution in [2.45, 2.75) is 26.1 Å². The van der Waals surface area contributed by atoms with Crippen LogP contribution in [0.5, 0.6) is 5.75 Å². The van der Waals surface area contributed by atoms with Gasteiger partial charge in [0.2, 0.25) is 0 Å². The van der Waals surface area contributed by atoms with E-state index in [1.807, 2.05) is 42.5 Å². The molecule has 0 amide bonds. The molecule has 0 saturated carbocycles. The molecular weight excluding hydrogens is 410 g/mol. The Balaban J connectivity index is 1.69. The van der Waals surface area contributed by atoms with E-state index in [-0.39, 0.29) is 6.04 Å². The average Bonchev–Trinajstić information content (AvgIpc) is 2.67. The highest BCUT2D eigenvalue weighted by Gasteiger charge is 2.09. The standard InChI is InChI=1S/C22H21BrClNO/c1-16(17-7-3-2-4-8-17)25-14-19-13-20(23)11-12-22(19)26-15-18-9-5-6-10-21(18)24/h2-13,16,25H,14-15H2,1H3/t16-/m0/s1. The molecule has 0 fully saturated rings. The first-order chi connectivity index (χ1) is 12.6. The van der Waals surface area contributed by atoms with Gasteiger partial charge in [0.25, 0.3) is 0 Å². The van der Waals surface area contributed by atoms with Gasteiger partial charge in [-0.15, -0.1) is 0 Å². The second kappa shape index (κ2) is 9.22. The molecule has 0 spiro atoms. The van der Waals surface area contributed by atoms with Crippen LogP contribution in [0.3, 0.4) is 0 Å². The van der Waals surface area contributed by atoms with Gasteiger partial charge in [-0.3, -0.25) is 0 Å². The van der Waals surface area contributed by atoms with Crippen molar-refractivity contribution in [3.8, 4) is 5.75 Å². The van der Waals surface area contributed by atoms with Crippen LogP contribution in [-0.4, -0.2) is 0 Å². The first kappa shape index (κ1) is 19.0. The van der Waals surface area contributed by atoms with Gasteiger partial charge in [0.15, 0.2) is 0 Å². The van der Waals surface area contributed by atoms with E-state index < -0.39 is 0 Å². The molecule has 0 aliphatic rings. The van der Waals surface area contributed by atoms with E-state index in [0.717, 1.165) is 26.4 Å². The van der Waals surface area contributed by atoms with E-state index >= 15 is 0 Å². The molecule has 4 heteroatoms. The zero-order valence-corrected chi connectivity index (χ0v) is 16.9. The van der Waals surface area contributed by atoms with Crippen molar-refractivity contribution < 1.29 is 4.74 Å². The van der Waals surface area contributed by atoms with Gasteiger partial charge in [-0.1, -0.05) is 76.1 Å². The van der Waals surface area contributed by atoms with Gasteiger partial charge in [-0.2, -0.15) is 0 Å². The Morgan fingerprint density at radius 3 is 2.46 bits per heavy atom. The van der Waals surface area contributed by atoms with E-state index in [1.165, 1.54) is 5.56 Å². The molecule has 1 N–H and O–H groups in total. The minimum absolute atomic E-state index is 0.256. The van der Waals surface area contributed by atoms with Gasteiger partial charge >= 0.3 is 0 Å². The number of hydrogen-bond donors (Lipinski definition) is 1. The van der Waals surface area contributed by atoms with Gasteiger partial charge in [0.1, 0.15) is 12.4 Å². The van der Waals surface area contributed by atoms with Crippen LogP contribution in [0.1, 0.15) is 29.7 Å². The van der Waals surface area contributed by atoms with Gasteiger partial charge in [0, 0.05) is 33.2 Å². The molecule has 2 nitrogen and oxygen atoms in total. The number of rotatable bonds is 7. The number of benzene rings is 3. The Bertz CT molecular complexity index is 854. The van der Waals surface area contributed by atoms with E-state index in [0.29, 0.717) is 13.2 Å². The van der Waals surface area contributed by atoms with E-state index in [9.17, 15) is 0 Å². The molecule has 134 valence electrons. The molecule has 1 atom stereocenters. The summed E-state index contributed by atoms with van der Waals surface area (Å²) in [5.74, 6) is 0.862. The van der Waals surface area contributed by atoms with Gasteiger partial charge < -0.3 is 10.1 Å². The largest absolute Gasteiger partial charge is 0.489 e. The second-order valence-electron chi connectivity index (χ2n) is 6.15. The maximum absolute atomic E-state index is 6.23. The second-order valence-corrected chi connectivity index (χ2v) is 7.47. The zero-order chi connectivity index (χ0) is 18.4. The Morgan fingerprint density at radius 2 is 1.69 bits per heavy atom. The summed E-state index contributed by atoms with van der Waals surface area (Å²) in [7, 11) is 0. The van der Waals surface area contributed by atoms with Crippen LogP contribution >= 0.6 is 27.5 Å². The highest BCUT2D eigenvalue weighted by molar-refractivity contribution is 9.10. The fraction of sp³-hybridized carbons (Fsp3) is 0.182. The zero-order valence-electron chi connectivity index (χ0n) is 14.6. The molecule has 26 heavy (non-hydrogen) atoms. The lowest BCUT2D eigenvalue weighted by atomic mass is 10.1. The highest BCUT2D eigenvalue weighted by atomic mass is 79.9. The Labute approximate surface area is 168 Å². The third-order valence-electron chi connectivity index (χ3n) is 4.26. The molecule has 0 bridgehead atoms. The first-order valence-electron chi connectivity index (χ1n) is 8.56. The van der Waals surface area contributed by atoms with Crippen LogP contribution in [0.2, 0.25) is 5.02 Å². The van der Waals surface area contributed by atoms with E-state index in [1.54, 1.807) is 0 Å². The molecule has 0 heterocycles. The summed E-state index contributed by atoms with van der Waals surface area (Å²) in [6.07, 6.45) is 0. The minimum atomic E-state index is 0.256.